The minimum absolute atomic E-state index is 0.230. The highest BCUT2D eigenvalue weighted by Crippen LogP contribution is 2.40. The van der Waals surface area contributed by atoms with Gasteiger partial charge in [-0.3, -0.25) is 4.79 Å². The Kier molecular flexibility index (Phi) is 3.32. The molecule has 5 nitrogen and oxygen atoms in total. The summed E-state index contributed by atoms with van der Waals surface area (Å²) in [5.41, 5.74) is 0.727. The second-order valence-corrected chi connectivity index (χ2v) is 6.29. The zero-order valence-corrected chi connectivity index (χ0v) is 12.8. The van der Waals surface area contributed by atoms with Crippen LogP contribution in [-0.4, -0.2) is 21.8 Å². The minimum Gasteiger partial charge on any atom is -0.480 e. The van der Waals surface area contributed by atoms with Gasteiger partial charge in [-0.05, 0) is 43.9 Å². The number of nitrogens with zero attached hydrogens (tertiary/aromatic N) is 2. The third-order valence-electron chi connectivity index (χ3n) is 4.60. The standard InChI is InChI=1S/C17H18FN3O2/c1-10(11-2-3-11)21-16(6-7-19-21)20-17(22)15-9-12-8-13(18)4-5-14(12)23-15/h4-8,10-11,15H,2-3,9H2,1H3,(H,20,22)/t10-,15+/m0/s1. The summed E-state index contributed by atoms with van der Waals surface area (Å²) < 4.78 is 20.7. The molecule has 1 aromatic carbocycles. The van der Waals surface area contributed by atoms with E-state index in [1.165, 1.54) is 25.0 Å². The first-order chi connectivity index (χ1) is 11.1. The summed E-state index contributed by atoms with van der Waals surface area (Å²) in [6, 6.07) is 6.39. The summed E-state index contributed by atoms with van der Waals surface area (Å²) in [6.07, 6.45) is 3.85. The summed E-state index contributed by atoms with van der Waals surface area (Å²) in [4.78, 5) is 12.5. The number of rotatable bonds is 4. The van der Waals surface area contributed by atoms with Crippen molar-refractivity contribution in [1.82, 2.24) is 9.78 Å². The molecule has 1 fully saturated rings. The summed E-state index contributed by atoms with van der Waals surface area (Å²) >= 11 is 0. The Balaban J connectivity index is 1.46. The molecule has 1 saturated carbocycles. The van der Waals surface area contributed by atoms with E-state index >= 15 is 0 Å². The fraction of sp³-hybridized carbons (Fsp3) is 0.412. The van der Waals surface area contributed by atoms with Crippen LogP contribution in [0.1, 0.15) is 31.4 Å². The lowest BCUT2D eigenvalue weighted by atomic mass is 10.1. The van der Waals surface area contributed by atoms with Crippen molar-refractivity contribution in [2.75, 3.05) is 5.32 Å². The highest BCUT2D eigenvalue weighted by atomic mass is 19.1. The molecule has 0 bridgehead atoms. The molecule has 2 aliphatic rings. The van der Waals surface area contributed by atoms with Crippen molar-refractivity contribution in [2.45, 2.75) is 38.3 Å². The number of carbonyl (C=O) groups excluding carboxylic acids is 1. The Morgan fingerprint density at radius 2 is 2.26 bits per heavy atom. The van der Waals surface area contributed by atoms with E-state index in [-0.39, 0.29) is 17.8 Å². The highest BCUT2D eigenvalue weighted by Gasteiger charge is 2.33. The third kappa shape index (κ3) is 2.69. The summed E-state index contributed by atoms with van der Waals surface area (Å²) in [6.45, 7) is 2.12. The maximum atomic E-state index is 13.3. The summed E-state index contributed by atoms with van der Waals surface area (Å²) in [5.74, 6) is 1.35. The van der Waals surface area contributed by atoms with Crippen LogP contribution in [0.3, 0.4) is 0 Å². The Morgan fingerprint density at radius 1 is 1.43 bits per heavy atom. The first-order valence-electron chi connectivity index (χ1n) is 7.91. The monoisotopic (exact) mass is 315 g/mol. The van der Waals surface area contributed by atoms with E-state index in [1.54, 1.807) is 18.3 Å². The van der Waals surface area contributed by atoms with E-state index in [1.807, 2.05) is 4.68 Å². The fourth-order valence-corrected chi connectivity index (χ4v) is 3.09. The molecule has 6 heteroatoms. The largest absolute Gasteiger partial charge is 0.480 e. The fourth-order valence-electron chi connectivity index (χ4n) is 3.09. The topological polar surface area (TPSA) is 56.2 Å². The van der Waals surface area contributed by atoms with Gasteiger partial charge in [-0.1, -0.05) is 0 Å². The number of halogens is 1. The molecule has 2 aromatic rings. The number of ether oxygens (including phenoxy) is 1. The van der Waals surface area contributed by atoms with E-state index in [0.29, 0.717) is 23.9 Å². The van der Waals surface area contributed by atoms with Crippen molar-refractivity contribution in [1.29, 1.82) is 0 Å². The van der Waals surface area contributed by atoms with E-state index < -0.39 is 6.10 Å². The Hall–Kier alpha value is -2.37. The Morgan fingerprint density at radius 3 is 3.04 bits per heavy atom. The Labute approximate surface area is 133 Å². The first kappa shape index (κ1) is 14.2. The summed E-state index contributed by atoms with van der Waals surface area (Å²) in [7, 11) is 0. The van der Waals surface area contributed by atoms with Crippen LogP contribution in [0.5, 0.6) is 5.75 Å². The van der Waals surface area contributed by atoms with Crippen molar-refractivity contribution in [2.24, 2.45) is 5.92 Å². The number of hydrogen-bond donors (Lipinski definition) is 1. The SMILES string of the molecule is C[C@@H](C1CC1)n1nccc1NC(=O)[C@H]1Cc2cc(F)ccc2O1. The quantitative estimate of drug-likeness (QED) is 0.944. The zero-order valence-electron chi connectivity index (χ0n) is 12.8. The third-order valence-corrected chi connectivity index (χ3v) is 4.60. The molecule has 1 aliphatic heterocycles. The van der Waals surface area contributed by atoms with Crippen LogP contribution in [0.25, 0.3) is 0 Å². The van der Waals surface area contributed by atoms with Crippen molar-refractivity contribution in [3.8, 4) is 5.75 Å². The van der Waals surface area contributed by atoms with Crippen molar-refractivity contribution >= 4 is 11.7 Å². The van der Waals surface area contributed by atoms with Crippen molar-refractivity contribution < 1.29 is 13.9 Å². The normalized spacial score (nSPS) is 20.7. The molecule has 0 spiro atoms. The van der Waals surface area contributed by atoms with Gasteiger partial charge in [-0.25, -0.2) is 9.07 Å². The van der Waals surface area contributed by atoms with Crippen LogP contribution in [-0.2, 0) is 11.2 Å². The van der Waals surface area contributed by atoms with Gasteiger partial charge in [0.25, 0.3) is 5.91 Å². The molecule has 1 N–H and O–H groups in total. The molecule has 2 atom stereocenters. The number of nitrogens with one attached hydrogen (secondary N) is 1. The van der Waals surface area contributed by atoms with Crippen LogP contribution in [0.2, 0.25) is 0 Å². The van der Waals surface area contributed by atoms with E-state index in [9.17, 15) is 9.18 Å². The van der Waals surface area contributed by atoms with Gasteiger partial charge in [-0.15, -0.1) is 0 Å². The maximum absolute atomic E-state index is 13.3. The maximum Gasteiger partial charge on any atom is 0.266 e. The molecule has 1 aromatic heterocycles. The zero-order chi connectivity index (χ0) is 16.0. The van der Waals surface area contributed by atoms with Crippen LogP contribution >= 0.6 is 0 Å². The van der Waals surface area contributed by atoms with Crippen LogP contribution in [0.15, 0.2) is 30.5 Å². The Bertz CT molecular complexity index is 754. The van der Waals surface area contributed by atoms with Crippen molar-refractivity contribution in [3.05, 3.63) is 41.8 Å². The molecular weight excluding hydrogens is 297 g/mol. The van der Waals surface area contributed by atoms with Gasteiger partial charge in [0.05, 0.1) is 12.2 Å². The van der Waals surface area contributed by atoms with Gasteiger partial charge in [0, 0.05) is 18.1 Å². The molecule has 2 heterocycles. The van der Waals surface area contributed by atoms with Crippen LogP contribution in [0, 0.1) is 11.7 Å². The van der Waals surface area contributed by atoms with Gasteiger partial charge in [-0.2, -0.15) is 5.10 Å². The second kappa shape index (κ2) is 5.37. The number of benzene rings is 1. The molecule has 0 unspecified atom stereocenters. The lowest BCUT2D eigenvalue weighted by molar-refractivity contribution is -0.122. The predicted octanol–water partition coefficient (Wildman–Crippen LogP) is 2.94. The first-order valence-corrected chi connectivity index (χ1v) is 7.91. The van der Waals surface area contributed by atoms with Gasteiger partial charge in [0.1, 0.15) is 17.4 Å². The molecule has 4 rings (SSSR count). The molecule has 1 aliphatic carbocycles. The highest BCUT2D eigenvalue weighted by molar-refractivity contribution is 5.94. The average molecular weight is 315 g/mol. The molecule has 0 radical (unpaired) electrons. The van der Waals surface area contributed by atoms with Crippen LogP contribution in [0.4, 0.5) is 10.2 Å². The molecule has 23 heavy (non-hydrogen) atoms. The lowest BCUT2D eigenvalue weighted by Crippen LogP contribution is -2.32. The molecule has 0 saturated heterocycles. The molecular formula is C17H18FN3O2. The second-order valence-electron chi connectivity index (χ2n) is 6.29. The van der Waals surface area contributed by atoms with E-state index in [2.05, 4.69) is 17.3 Å². The average Bonchev–Trinajstić information content (AvgIpc) is 3.13. The predicted molar refractivity (Wildman–Crippen MR) is 82.8 cm³/mol. The van der Waals surface area contributed by atoms with Gasteiger partial charge < -0.3 is 10.1 Å². The molecule has 1 amide bonds. The van der Waals surface area contributed by atoms with Crippen molar-refractivity contribution in [3.63, 3.8) is 0 Å². The van der Waals surface area contributed by atoms with Gasteiger partial charge in [0.15, 0.2) is 6.10 Å². The van der Waals surface area contributed by atoms with Crippen LogP contribution < -0.4 is 10.1 Å². The minimum atomic E-state index is -0.633. The number of fused-ring (bicyclic) bond motifs is 1. The van der Waals surface area contributed by atoms with Gasteiger partial charge in [0.2, 0.25) is 0 Å². The molecule has 120 valence electrons. The number of carbonyl (C=O) groups is 1. The van der Waals surface area contributed by atoms with E-state index in [4.69, 9.17) is 4.74 Å². The van der Waals surface area contributed by atoms with E-state index in [0.717, 1.165) is 5.56 Å². The number of anilines is 1. The number of amides is 1. The van der Waals surface area contributed by atoms with Gasteiger partial charge >= 0.3 is 0 Å². The number of aromatic nitrogens is 2. The summed E-state index contributed by atoms with van der Waals surface area (Å²) in [5, 5.41) is 7.21. The lowest BCUT2D eigenvalue weighted by Gasteiger charge is -2.17. The number of hydrogen-bond acceptors (Lipinski definition) is 3. The smallest absolute Gasteiger partial charge is 0.266 e.